The van der Waals surface area contributed by atoms with Crippen molar-refractivity contribution in [1.29, 1.82) is 0 Å². The zero-order chi connectivity index (χ0) is 18.9. The van der Waals surface area contributed by atoms with Crippen LogP contribution in [-0.4, -0.2) is 32.5 Å². The van der Waals surface area contributed by atoms with E-state index in [-0.39, 0.29) is 34.9 Å². The lowest BCUT2D eigenvalue weighted by atomic mass is 10.1. The minimum absolute atomic E-state index is 0. The van der Waals surface area contributed by atoms with E-state index < -0.39 is 5.82 Å². The van der Waals surface area contributed by atoms with E-state index in [1.165, 1.54) is 6.07 Å². The van der Waals surface area contributed by atoms with Gasteiger partial charge < -0.3 is 16.0 Å². The van der Waals surface area contributed by atoms with E-state index in [0.717, 1.165) is 17.5 Å². The van der Waals surface area contributed by atoms with Crippen molar-refractivity contribution in [3.63, 3.8) is 0 Å². The molecule has 0 atom stereocenters. The van der Waals surface area contributed by atoms with Gasteiger partial charge in [-0.1, -0.05) is 29.8 Å². The summed E-state index contributed by atoms with van der Waals surface area (Å²) in [5.41, 5.74) is 2.55. The molecule has 2 rings (SSSR count). The largest absolute Gasteiger partial charge is 0.356 e. The van der Waals surface area contributed by atoms with Crippen LogP contribution in [0.4, 0.5) is 4.39 Å². The van der Waals surface area contributed by atoms with Crippen molar-refractivity contribution >= 4 is 47.4 Å². The van der Waals surface area contributed by atoms with Crippen molar-refractivity contribution < 1.29 is 9.18 Å². The van der Waals surface area contributed by atoms with Gasteiger partial charge in [-0.15, -0.1) is 24.0 Å². The van der Waals surface area contributed by atoms with Gasteiger partial charge in [-0.05, 0) is 41.8 Å². The summed E-state index contributed by atoms with van der Waals surface area (Å²) in [5.74, 6) is 0.0973. The molecule has 0 aliphatic carbocycles. The summed E-state index contributed by atoms with van der Waals surface area (Å²) in [4.78, 5) is 15.8. The van der Waals surface area contributed by atoms with Gasteiger partial charge >= 0.3 is 0 Å². The maximum Gasteiger partial charge on any atom is 0.251 e. The standard InChI is InChI=1S/C19H22ClFN4O.HI/c1-22-18(26)15-5-3-4-13(10-15)8-9-24-19(23-2)25-12-14-6-7-17(21)16(20)11-14;/h3-7,10-11H,8-9,12H2,1-2H3,(H,22,26)(H2,23,24,25);1H. The topological polar surface area (TPSA) is 65.5 Å². The van der Waals surface area contributed by atoms with Gasteiger partial charge in [0.25, 0.3) is 5.91 Å². The second-order valence-corrected chi connectivity index (χ2v) is 6.04. The normalized spacial score (nSPS) is 10.7. The molecule has 0 heterocycles. The van der Waals surface area contributed by atoms with Crippen LogP contribution in [0.1, 0.15) is 21.5 Å². The van der Waals surface area contributed by atoms with Crippen LogP contribution in [0.2, 0.25) is 5.02 Å². The average molecular weight is 505 g/mol. The number of hydrogen-bond donors (Lipinski definition) is 3. The Morgan fingerprint density at radius 3 is 2.59 bits per heavy atom. The highest BCUT2D eigenvalue weighted by atomic mass is 127. The summed E-state index contributed by atoms with van der Waals surface area (Å²) in [6, 6.07) is 12.1. The van der Waals surface area contributed by atoms with E-state index in [4.69, 9.17) is 11.6 Å². The van der Waals surface area contributed by atoms with Crippen LogP contribution in [-0.2, 0) is 13.0 Å². The lowest BCUT2D eigenvalue weighted by molar-refractivity contribution is 0.0963. The van der Waals surface area contributed by atoms with Gasteiger partial charge in [-0.25, -0.2) is 4.39 Å². The third-order valence-electron chi connectivity index (χ3n) is 3.79. The third-order valence-corrected chi connectivity index (χ3v) is 4.08. The molecule has 0 bridgehead atoms. The number of hydrogen-bond acceptors (Lipinski definition) is 2. The lowest BCUT2D eigenvalue weighted by Gasteiger charge is -2.12. The minimum atomic E-state index is -0.433. The molecule has 5 nitrogen and oxygen atoms in total. The second kappa shape index (κ2) is 11.8. The van der Waals surface area contributed by atoms with Crippen LogP contribution < -0.4 is 16.0 Å². The van der Waals surface area contributed by atoms with E-state index >= 15 is 0 Å². The molecule has 8 heteroatoms. The number of halogens is 3. The molecule has 0 spiro atoms. The molecule has 3 N–H and O–H groups in total. The summed E-state index contributed by atoms with van der Waals surface area (Å²) in [6.07, 6.45) is 0.744. The Morgan fingerprint density at radius 1 is 1.15 bits per heavy atom. The summed E-state index contributed by atoms with van der Waals surface area (Å²) in [5, 5.41) is 9.07. The fourth-order valence-electron chi connectivity index (χ4n) is 2.39. The number of rotatable bonds is 6. The van der Waals surface area contributed by atoms with Crippen molar-refractivity contribution in [3.8, 4) is 0 Å². The number of aliphatic imine (C=N–C) groups is 1. The van der Waals surface area contributed by atoms with Crippen molar-refractivity contribution in [3.05, 3.63) is 70.0 Å². The summed E-state index contributed by atoms with van der Waals surface area (Å²) in [6.45, 7) is 1.13. The quantitative estimate of drug-likeness (QED) is 0.321. The monoisotopic (exact) mass is 504 g/mol. The Bertz CT molecular complexity index is 801. The molecule has 1 amide bonds. The Balaban J connectivity index is 0.00000364. The Labute approximate surface area is 180 Å². The zero-order valence-electron chi connectivity index (χ0n) is 15.2. The summed E-state index contributed by atoms with van der Waals surface area (Å²) < 4.78 is 13.2. The van der Waals surface area contributed by atoms with Crippen molar-refractivity contribution in [2.24, 2.45) is 4.99 Å². The third kappa shape index (κ3) is 7.34. The first kappa shape index (κ1) is 23.2. The molecule has 2 aromatic carbocycles. The summed E-state index contributed by atoms with van der Waals surface area (Å²) >= 11 is 5.78. The highest BCUT2D eigenvalue weighted by Crippen LogP contribution is 2.15. The zero-order valence-corrected chi connectivity index (χ0v) is 18.3. The van der Waals surface area contributed by atoms with E-state index in [9.17, 15) is 9.18 Å². The maximum atomic E-state index is 13.2. The number of nitrogens with zero attached hydrogens (tertiary/aromatic N) is 1. The van der Waals surface area contributed by atoms with E-state index in [0.29, 0.717) is 24.6 Å². The number of carbonyl (C=O) groups excluding carboxylic acids is 1. The average Bonchev–Trinajstić information content (AvgIpc) is 2.66. The molecule has 2 aromatic rings. The molecule has 0 fully saturated rings. The highest BCUT2D eigenvalue weighted by molar-refractivity contribution is 14.0. The van der Waals surface area contributed by atoms with Crippen LogP contribution in [0.3, 0.4) is 0 Å². The fourth-order valence-corrected chi connectivity index (χ4v) is 2.60. The van der Waals surface area contributed by atoms with Crippen molar-refractivity contribution in [1.82, 2.24) is 16.0 Å². The van der Waals surface area contributed by atoms with Crippen LogP contribution in [0.5, 0.6) is 0 Å². The molecular formula is C19H23ClFIN4O. The Kier molecular flexibility index (Phi) is 10.1. The molecule has 0 unspecified atom stereocenters. The number of benzene rings is 2. The Morgan fingerprint density at radius 2 is 1.93 bits per heavy atom. The molecule has 0 saturated carbocycles. The SMILES string of the molecule is CN=C(NCCc1cccc(C(=O)NC)c1)NCc1ccc(F)c(Cl)c1.I. The molecule has 0 aliphatic heterocycles. The Hall–Kier alpha value is -1.87. The number of amides is 1. The smallest absolute Gasteiger partial charge is 0.251 e. The summed E-state index contributed by atoms with van der Waals surface area (Å²) in [7, 11) is 3.29. The maximum absolute atomic E-state index is 13.2. The van der Waals surface area contributed by atoms with E-state index in [1.807, 2.05) is 18.2 Å². The van der Waals surface area contributed by atoms with Gasteiger partial charge in [-0.3, -0.25) is 9.79 Å². The van der Waals surface area contributed by atoms with Crippen molar-refractivity contribution in [2.75, 3.05) is 20.6 Å². The number of carbonyl (C=O) groups is 1. The van der Waals surface area contributed by atoms with E-state index in [1.54, 1.807) is 32.3 Å². The van der Waals surface area contributed by atoms with Gasteiger partial charge in [0, 0.05) is 32.7 Å². The molecule has 0 aliphatic rings. The van der Waals surface area contributed by atoms with Crippen LogP contribution in [0.15, 0.2) is 47.5 Å². The first-order chi connectivity index (χ1) is 12.5. The van der Waals surface area contributed by atoms with Crippen LogP contribution in [0.25, 0.3) is 0 Å². The minimum Gasteiger partial charge on any atom is -0.356 e. The second-order valence-electron chi connectivity index (χ2n) is 5.63. The van der Waals surface area contributed by atoms with Gasteiger partial charge in [0.05, 0.1) is 5.02 Å². The molecular weight excluding hydrogens is 482 g/mol. The molecule has 146 valence electrons. The molecule has 0 radical (unpaired) electrons. The van der Waals surface area contributed by atoms with Crippen LogP contribution in [0, 0.1) is 5.82 Å². The van der Waals surface area contributed by atoms with Gasteiger partial charge in [0.1, 0.15) is 5.82 Å². The number of guanidine groups is 1. The van der Waals surface area contributed by atoms with Gasteiger partial charge in [0.15, 0.2) is 5.96 Å². The predicted molar refractivity (Wildman–Crippen MR) is 119 cm³/mol. The lowest BCUT2D eigenvalue weighted by Crippen LogP contribution is -2.37. The molecule has 0 aromatic heterocycles. The predicted octanol–water partition coefficient (Wildman–Crippen LogP) is 3.36. The first-order valence-corrected chi connectivity index (χ1v) is 8.60. The first-order valence-electron chi connectivity index (χ1n) is 8.23. The van der Waals surface area contributed by atoms with E-state index in [2.05, 4.69) is 20.9 Å². The number of nitrogens with one attached hydrogen (secondary N) is 3. The van der Waals surface area contributed by atoms with Crippen molar-refractivity contribution in [2.45, 2.75) is 13.0 Å². The van der Waals surface area contributed by atoms with Gasteiger partial charge in [0.2, 0.25) is 0 Å². The molecule has 27 heavy (non-hydrogen) atoms. The molecule has 0 saturated heterocycles. The van der Waals surface area contributed by atoms with Crippen LogP contribution >= 0.6 is 35.6 Å². The highest BCUT2D eigenvalue weighted by Gasteiger charge is 2.05. The fraction of sp³-hybridized carbons (Fsp3) is 0.263. The van der Waals surface area contributed by atoms with Gasteiger partial charge in [-0.2, -0.15) is 0 Å².